The number of amides is 1. The summed E-state index contributed by atoms with van der Waals surface area (Å²) in [4.78, 5) is 17.6. The summed E-state index contributed by atoms with van der Waals surface area (Å²) in [6.07, 6.45) is 3.89. The van der Waals surface area contributed by atoms with Gasteiger partial charge in [0.25, 0.3) is 5.91 Å². The zero-order valence-corrected chi connectivity index (χ0v) is 14.7. The normalized spacial score (nSPS) is 16.0. The van der Waals surface area contributed by atoms with E-state index in [4.69, 9.17) is 0 Å². The van der Waals surface area contributed by atoms with Gasteiger partial charge in [-0.05, 0) is 67.9 Å². The van der Waals surface area contributed by atoms with E-state index in [1.54, 1.807) is 6.20 Å². The number of carbonyl (C=O) groups is 1. The first kappa shape index (κ1) is 18.2. The van der Waals surface area contributed by atoms with Gasteiger partial charge >= 0.3 is 5.51 Å². The molecule has 1 aliphatic rings. The number of thioether (sulfide) groups is 1. The Morgan fingerprint density at radius 2 is 1.92 bits per heavy atom. The van der Waals surface area contributed by atoms with Gasteiger partial charge in [0, 0.05) is 21.5 Å². The highest BCUT2D eigenvalue weighted by molar-refractivity contribution is 8.00. The van der Waals surface area contributed by atoms with E-state index in [1.807, 2.05) is 0 Å². The Bertz CT molecular complexity index is 725. The maximum absolute atomic E-state index is 12.3. The topological polar surface area (TPSA) is 54.0 Å². The highest BCUT2D eigenvalue weighted by Crippen LogP contribution is 2.37. The summed E-state index contributed by atoms with van der Waals surface area (Å²) in [5.74, 6) is 0.0813. The van der Waals surface area contributed by atoms with Gasteiger partial charge in [0.2, 0.25) is 0 Å². The van der Waals surface area contributed by atoms with Crippen LogP contribution in [0.5, 0.6) is 0 Å². The smallest absolute Gasteiger partial charge is 0.317 e. The van der Waals surface area contributed by atoms with Crippen LogP contribution in [-0.2, 0) is 0 Å². The first-order valence-corrected chi connectivity index (χ1v) is 9.37. The van der Waals surface area contributed by atoms with Crippen LogP contribution in [0, 0.1) is 0 Å². The highest BCUT2D eigenvalue weighted by Gasteiger charge is 2.29. The number of halogens is 3. The molecule has 0 saturated carbocycles. The van der Waals surface area contributed by atoms with Gasteiger partial charge in [-0.3, -0.25) is 10.1 Å². The molecule has 9 heteroatoms. The number of nitrogens with one attached hydrogen (secondary N) is 2. The molecule has 1 fully saturated rings. The van der Waals surface area contributed by atoms with Crippen molar-refractivity contribution in [3.05, 3.63) is 40.9 Å². The number of hydrogen-bond acceptors (Lipinski definition) is 5. The van der Waals surface area contributed by atoms with Crippen molar-refractivity contribution in [2.24, 2.45) is 0 Å². The molecule has 0 radical (unpaired) electrons. The van der Waals surface area contributed by atoms with Crippen LogP contribution in [0.25, 0.3) is 0 Å². The van der Waals surface area contributed by atoms with Crippen molar-refractivity contribution in [3.8, 4) is 0 Å². The SMILES string of the molecule is O=C(Nc1ncc(C2CCNCC2)s1)c1ccc(SC(F)(F)F)cc1. The first-order chi connectivity index (χ1) is 11.9. The average molecular weight is 387 g/mol. The molecule has 1 amide bonds. The number of anilines is 1. The minimum atomic E-state index is -4.34. The van der Waals surface area contributed by atoms with Gasteiger partial charge in [0.15, 0.2) is 5.13 Å². The quantitative estimate of drug-likeness (QED) is 0.760. The van der Waals surface area contributed by atoms with Crippen LogP contribution in [-0.4, -0.2) is 29.5 Å². The Labute approximate surface area is 151 Å². The molecule has 2 heterocycles. The fraction of sp³-hybridized carbons (Fsp3) is 0.375. The Balaban J connectivity index is 1.61. The number of piperidine rings is 1. The molecule has 1 aromatic carbocycles. The van der Waals surface area contributed by atoms with E-state index >= 15 is 0 Å². The third kappa shape index (κ3) is 5.20. The number of rotatable bonds is 4. The monoisotopic (exact) mass is 387 g/mol. The molecule has 1 aliphatic heterocycles. The van der Waals surface area contributed by atoms with Crippen molar-refractivity contribution in [2.45, 2.75) is 29.2 Å². The van der Waals surface area contributed by atoms with E-state index in [0.717, 1.165) is 30.8 Å². The molecule has 2 N–H and O–H groups in total. The lowest BCUT2D eigenvalue weighted by Gasteiger charge is -2.20. The van der Waals surface area contributed by atoms with Crippen molar-refractivity contribution in [2.75, 3.05) is 18.4 Å². The van der Waals surface area contributed by atoms with Crippen molar-refractivity contribution in [3.63, 3.8) is 0 Å². The van der Waals surface area contributed by atoms with Crippen molar-refractivity contribution in [1.29, 1.82) is 0 Å². The van der Waals surface area contributed by atoms with Gasteiger partial charge in [0.1, 0.15) is 0 Å². The fourth-order valence-electron chi connectivity index (χ4n) is 2.62. The minimum Gasteiger partial charge on any atom is -0.317 e. The zero-order valence-electron chi connectivity index (χ0n) is 13.1. The van der Waals surface area contributed by atoms with Gasteiger partial charge in [-0.1, -0.05) is 0 Å². The standard InChI is InChI=1S/C16H16F3N3OS2/c17-16(18,19)25-12-3-1-11(2-4-12)14(23)22-15-21-9-13(24-15)10-5-7-20-8-6-10/h1-4,9-10,20H,5-8H2,(H,21,22,23). The summed E-state index contributed by atoms with van der Waals surface area (Å²) in [6, 6.07) is 5.33. The summed E-state index contributed by atoms with van der Waals surface area (Å²) in [5, 5.41) is 6.52. The molecule has 1 aromatic heterocycles. The van der Waals surface area contributed by atoms with E-state index in [9.17, 15) is 18.0 Å². The zero-order chi connectivity index (χ0) is 17.9. The van der Waals surface area contributed by atoms with Gasteiger partial charge in [-0.15, -0.1) is 11.3 Å². The maximum Gasteiger partial charge on any atom is 0.446 e. The summed E-state index contributed by atoms with van der Waals surface area (Å²) in [5.41, 5.74) is -4.04. The number of nitrogens with zero attached hydrogens (tertiary/aromatic N) is 1. The van der Waals surface area contributed by atoms with Crippen LogP contribution in [0.2, 0.25) is 0 Å². The largest absolute Gasteiger partial charge is 0.446 e. The fourth-order valence-corrected chi connectivity index (χ4v) is 4.14. The highest BCUT2D eigenvalue weighted by atomic mass is 32.2. The van der Waals surface area contributed by atoms with Gasteiger partial charge in [-0.2, -0.15) is 13.2 Å². The first-order valence-electron chi connectivity index (χ1n) is 7.74. The molecule has 0 aliphatic carbocycles. The van der Waals surface area contributed by atoms with Crippen LogP contribution < -0.4 is 10.6 Å². The molecule has 0 atom stereocenters. The van der Waals surface area contributed by atoms with Crippen molar-refractivity contribution in [1.82, 2.24) is 10.3 Å². The van der Waals surface area contributed by atoms with Crippen LogP contribution in [0.1, 0.15) is 34.0 Å². The van der Waals surface area contributed by atoms with Gasteiger partial charge in [-0.25, -0.2) is 4.98 Å². The van der Waals surface area contributed by atoms with Gasteiger partial charge in [0.05, 0.1) is 0 Å². The molecule has 4 nitrogen and oxygen atoms in total. The van der Waals surface area contributed by atoms with Crippen molar-refractivity contribution < 1.29 is 18.0 Å². The summed E-state index contributed by atoms with van der Waals surface area (Å²) < 4.78 is 36.9. The predicted molar refractivity (Wildman–Crippen MR) is 93.3 cm³/mol. The maximum atomic E-state index is 12.3. The van der Waals surface area contributed by atoms with Crippen LogP contribution in [0.15, 0.2) is 35.4 Å². The lowest BCUT2D eigenvalue weighted by atomic mass is 9.97. The Hall–Kier alpha value is -1.58. The van der Waals surface area contributed by atoms with E-state index in [2.05, 4.69) is 15.6 Å². The summed E-state index contributed by atoms with van der Waals surface area (Å²) in [6.45, 7) is 1.96. The molecule has 0 unspecified atom stereocenters. The van der Waals surface area contributed by atoms with E-state index < -0.39 is 5.51 Å². The molecule has 2 aromatic rings. The number of thiazole rings is 1. The molecule has 3 rings (SSSR count). The second-order valence-electron chi connectivity index (χ2n) is 5.62. The van der Waals surface area contributed by atoms with Gasteiger partial charge < -0.3 is 5.32 Å². The molecule has 25 heavy (non-hydrogen) atoms. The predicted octanol–water partition coefficient (Wildman–Crippen LogP) is 4.47. The number of benzene rings is 1. The Morgan fingerprint density at radius 1 is 1.24 bits per heavy atom. The Kier molecular flexibility index (Phi) is 5.65. The number of aromatic nitrogens is 1. The molecule has 134 valence electrons. The minimum absolute atomic E-state index is 0.0477. The third-order valence-electron chi connectivity index (χ3n) is 3.84. The lowest BCUT2D eigenvalue weighted by Crippen LogP contribution is -2.26. The second kappa shape index (κ2) is 7.76. The van der Waals surface area contributed by atoms with E-state index in [-0.39, 0.29) is 22.6 Å². The van der Waals surface area contributed by atoms with Crippen LogP contribution in [0.4, 0.5) is 18.3 Å². The molecular weight excluding hydrogens is 371 g/mol. The number of hydrogen-bond donors (Lipinski definition) is 2. The van der Waals surface area contributed by atoms with E-state index in [1.165, 1.54) is 35.6 Å². The molecule has 0 spiro atoms. The summed E-state index contributed by atoms with van der Waals surface area (Å²) >= 11 is 1.25. The number of carbonyl (C=O) groups excluding carboxylic acids is 1. The van der Waals surface area contributed by atoms with E-state index in [0.29, 0.717) is 16.6 Å². The Morgan fingerprint density at radius 3 is 2.56 bits per heavy atom. The third-order valence-corrected chi connectivity index (χ3v) is 5.65. The van der Waals surface area contributed by atoms with Crippen molar-refractivity contribution >= 4 is 34.1 Å². The summed E-state index contributed by atoms with van der Waals surface area (Å²) in [7, 11) is 0. The molecule has 0 bridgehead atoms. The molecule has 1 saturated heterocycles. The lowest BCUT2D eigenvalue weighted by molar-refractivity contribution is -0.0328. The second-order valence-corrected chi connectivity index (χ2v) is 7.82. The molecular formula is C16H16F3N3OS2. The van der Waals surface area contributed by atoms with Crippen LogP contribution in [0.3, 0.4) is 0 Å². The average Bonchev–Trinajstić information content (AvgIpc) is 3.03. The van der Waals surface area contributed by atoms with Crippen LogP contribution >= 0.6 is 23.1 Å². The number of alkyl halides is 3.